The van der Waals surface area contributed by atoms with Crippen molar-refractivity contribution in [1.29, 1.82) is 0 Å². The van der Waals surface area contributed by atoms with E-state index in [1.54, 1.807) is 26.8 Å². The van der Waals surface area contributed by atoms with E-state index in [2.05, 4.69) is 5.32 Å². The highest BCUT2D eigenvalue weighted by atomic mass is 16.6. The molecule has 0 unspecified atom stereocenters. The molecule has 0 aliphatic carbocycles. The molecule has 0 aliphatic heterocycles. The molecule has 6 nitrogen and oxygen atoms in total. The zero-order valence-electron chi connectivity index (χ0n) is 13.2. The predicted molar refractivity (Wildman–Crippen MR) is 79.4 cm³/mol. The van der Waals surface area contributed by atoms with Gasteiger partial charge in [-0.25, -0.2) is 4.79 Å². The summed E-state index contributed by atoms with van der Waals surface area (Å²) >= 11 is 0. The number of carbonyl (C=O) groups is 2. The number of methoxy groups -OCH3 is 2. The highest BCUT2D eigenvalue weighted by molar-refractivity contribution is 5.98. The second-order valence-corrected chi connectivity index (χ2v) is 5.44. The number of benzene rings is 1. The molecule has 0 spiro atoms. The molecule has 1 aromatic rings. The Labute approximate surface area is 124 Å². The van der Waals surface area contributed by atoms with Crippen LogP contribution in [0.15, 0.2) is 12.1 Å². The van der Waals surface area contributed by atoms with E-state index < -0.39 is 11.7 Å². The molecule has 0 saturated carbocycles. The fraction of sp³-hybridized carbons (Fsp3) is 0.467. The summed E-state index contributed by atoms with van der Waals surface area (Å²) in [7, 11) is 2.91. The fourth-order valence-corrected chi connectivity index (χ4v) is 1.67. The summed E-state index contributed by atoms with van der Waals surface area (Å²) in [4.78, 5) is 23.4. The first-order valence-corrected chi connectivity index (χ1v) is 6.45. The zero-order chi connectivity index (χ0) is 16.2. The third-order valence-corrected chi connectivity index (χ3v) is 2.52. The number of amides is 1. The van der Waals surface area contributed by atoms with E-state index in [1.807, 2.05) is 0 Å². The van der Waals surface area contributed by atoms with Gasteiger partial charge in [0, 0.05) is 5.56 Å². The molecule has 0 aliphatic rings. The Hall–Kier alpha value is -2.24. The van der Waals surface area contributed by atoms with Gasteiger partial charge in [-0.15, -0.1) is 0 Å². The second kappa shape index (κ2) is 6.47. The largest absolute Gasteiger partial charge is 0.493 e. The van der Waals surface area contributed by atoms with E-state index >= 15 is 0 Å². The maximum absolute atomic E-state index is 11.9. The molecular weight excluding hydrogens is 274 g/mol. The van der Waals surface area contributed by atoms with Crippen molar-refractivity contribution in [2.24, 2.45) is 0 Å². The monoisotopic (exact) mass is 295 g/mol. The maximum Gasteiger partial charge on any atom is 0.412 e. The summed E-state index contributed by atoms with van der Waals surface area (Å²) < 4.78 is 15.6. The highest BCUT2D eigenvalue weighted by Gasteiger charge is 2.20. The summed E-state index contributed by atoms with van der Waals surface area (Å²) in [5, 5.41) is 2.57. The number of ether oxygens (including phenoxy) is 3. The average molecular weight is 295 g/mol. The van der Waals surface area contributed by atoms with Gasteiger partial charge in [-0.05, 0) is 39.8 Å². The molecular formula is C15H21NO5. The lowest BCUT2D eigenvalue weighted by Gasteiger charge is -2.21. The molecule has 116 valence electrons. The molecule has 0 bridgehead atoms. The van der Waals surface area contributed by atoms with Crippen molar-refractivity contribution in [2.75, 3.05) is 19.5 Å². The van der Waals surface area contributed by atoms with Crippen molar-refractivity contribution in [1.82, 2.24) is 0 Å². The first-order chi connectivity index (χ1) is 9.67. The molecule has 0 aromatic heterocycles. The van der Waals surface area contributed by atoms with Gasteiger partial charge in [-0.3, -0.25) is 10.1 Å². The predicted octanol–water partition coefficient (Wildman–Crippen LogP) is 3.25. The first kappa shape index (κ1) is 16.8. The van der Waals surface area contributed by atoms with Gasteiger partial charge < -0.3 is 14.2 Å². The van der Waals surface area contributed by atoms with E-state index in [1.165, 1.54) is 27.2 Å². The number of hydrogen-bond acceptors (Lipinski definition) is 5. The molecule has 0 heterocycles. The van der Waals surface area contributed by atoms with Gasteiger partial charge in [0.1, 0.15) is 5.60 Å². The van der Waals surface area contributed by atoms with Crippen LogP contribution in [0.1, 0.15) is 38.1 Å². The van der Waals surface area contributed by atoms with Gasteiger partial charge in [0.2, 0.25) is 0 Å². The average Bonchev–Trinajstić information content (AvgIpc) is 2.35. The van der Waals surface area contributed by atoms with E-state index in [-0.39, 0.29) is 5.78 Å². The third kappa shape index (κ3) is 4.66. The number of rotatable bonds is 4. The van der Waals surface area contributed by atoms with Gasteiger partial charge in [-0.2, -0.15) is 0 Å². The van der Waals surface area contributed by atoms with Crippen molar-refractivity contribution in [3.63, 3.8) is 0 Å². The van der Waals surface area contributed by atoms with Gasteiger partial charge in [0.25, 0.3) is 0 Å². The van der Waals surface area contributed by atoms with Crippen LogP contribution in [-0.2, 0) is 4.74 Å². The van der Waals surface area contributed by atoms with Crippen LogP contribution in [0.3, 0.4) is 0 Å². The van der Waals surface area contributed by atoms with Crippen LogP contribution in [0.5, 0.6) is 11.5 Å². The topological polar surface area (TPSA) is 73.9 Å². The molecule has 0 radical (unpaired) electrons. The molecule has 1 aromatic carbocycles. The lowest BCUT2D eigenvalue weighted by Crippen LogP contribution is -2.27. The van der Waals surface area contributed by atoms with Crippen LogP contribution in [0.25, 0.3) is 0 Å². The lowest BCUT2D eigenvalue weighted by molar-refractivity contribution is 0.0635. The van der Waals surface area contributed by atoms with Crippen LogP contribution < -0.4 is 14.8 Å². The Balaban J connectivity index is 3.17. The normalized spacial score (nSPS) is 10.8. The van der Waals surface area contributed by atoms with Gasteiger partial charge in [0.15, 0.2) is 17.3 Å². The molecule has 21 heavy (non-hydrogen) atoms. The molecule has 1 rings (SSSR count). The summed E-state index contributed by atoms with van der Waals surface area (Å²) in [5.74, 6) is 0.535. The quantitative estimate of drug-likeness (QED) is 0.863. The summed E-state index contributed by atoms with van der Waals surface area (Å²) in [6, 6.07) is 3.08. The smallest absolute Gasteiger partial charge is 0.412 e. The minimum absolute atomic E-state index is 0.150. The highest BCUT2D eigenvalue weighted by Crippen LogP contribution is 2.37. The van der Waals surface area contributed by atoms with Crippen LogP contribution in [0, 0.1) is 0 Å². The van der Waals surface area contributed by atoms with Crippen LogP contribution in [-0.4, -0.2) is 31.7 Å². The number of ketones is 1. The van der Waals surface area contributed by atoms with Gasteiger partial charge in [-0.1, -0.05) is 0 Å². The Kier molecular flexibility index (Phi) is 5.18. The molecule has 6 heteroatoms. The third-order valence-electron chi connectivity index (χ3n) is 2.52. The van der Waals surface area contributed by atoms with Crippen molar-refractivity contribution in [3.05, 3.63) is 17.7 Å². The van der Waals surface area contributed by atoms with Crippen LogP contribution in [0.2, 0.25) is 0 Å². The maximum atomic E-state index is 11.9. The molecule has 1 N–H and O–H groups in total. The van der Waals surface area contributed by atoms with Gasteiger partial charge in [0.05, 0.1) is 19.9 Å². The summed E-state index contributed by atoms with van der Waals surface area (Å²) in [6.45, 7) is 6.71. The van der Waals surface area contributed by atoms with E-state index in [4.69, 9.17) is 14.2 Å². The molecule has 0 saturated heterocycles. The molecule has 0 atom stereocenters. The van der Waals surface area contributed by atoms with Gasteiger partial charge >= 0.3 is 6.09 Å². The zero-order valence-corrected chi connectivity index (χ0v) is 13.2. The van der Waals surface area contributed by atoms with Crippen molar-refractivity contribution in [3.8, 4) is 11.5 Å². The Morgan fingerprint density at radius 1 is 1.10 bits per heavy atom. The van der Waals surface area contributed by atoms with E-state index in [0.717, 1.165) is 0 Å². The number of anilines is 1. The fourth-order valence-electron chi connectivity index (χ4n) is 1.67. The van der Waals surface area contributed by atoms with Crippen molar-refractivity contribution >= 4 is 17.6 Å². The van der Waals surface area contributed by atoms with E-state index in [0.29, 0.717) is 22.7 Å². The van der Waals surface area contributed by atoms with Crippen LogP contribution in [0.4, 0.5) is 10.5 Å². The number of hydrogen-bond donors (Lipinski definition) is 1. The molecule has 1 amide bonds. The first-order valence-electron chi connectivity index (χ1n) is 6.45. The Morgan fingerprint density at radius 2 is 1.71 bits per heavy atom. The number of Topliss-reactive ketones (excluding diaryl/α,β-unsaturated/α-hetero) is 1. The number of nitrogens with one attached hydrogen (secondary N) is 1. The Morgan fingerprint density at radius 3 is 2.14 bits per heavy atom. The standard InChI is InChI=1S/C15H21NO5/c1-9(17)10-7-11(13(20-6)12(8-10)19-5)16-14(18)21-15(2,3)4/h7-8H,1-6H3,(H,16,18). The van der Waals surface area contributed by atoms with Crippen molar-refractivity contribution in [2.45, 2.75) is 33.3 Å². The van der Waals surface area contributed by atoms with E-state index in [9.17, 15) is 9.59 Å². The summed E-state index contributed by atoms with van der Waals surface area (Å²) in [6.07, 6.45) is -0.636. The minimum Gasteiger partial charge on any atom is -0.493 e. The van der Waals surface area contributed by atoms with Crippen molar-refractivity contribution < 1.29 is 23.8 Å². The lowest BCUT2D eigenvalue weighted by atomic mass is 10.1. The second-order valence-electron chi connectivity index (χ2n) is 5.44. The summed E-state index contributed by atoms with van der Waals surface area (Å²) in [5.41, 5.74) is 0.0922. The minimum atomic E-state index is -0.636. The number of carbonyl (C=O) groups excluding carboxylic acids is 2. The molecule has 0 fully saturated rings. The Bertz CT molecular complexity index is 546. The van der Waals surface area contributed by atoms with Crippen LogP contribution >= 0.6 is 0 Å². The SMILES string of the molecule is COc1cc(C(C)=O)cc(NC(=O)OC(C)(C)C)c1OC.